The van der Waals surface area contributed by atoms with Crippen LogP contribution in [0.25, 0.3) is 21.0 Å². The Balaban J connectivity index is 1.60. The Labute approximate surface area is 178 Å². The quantitative estimate of drug-likeness (QED) is 0.338. The third-order valence-electron chi connectivity index (χ3n) is 5.19. The van der Waals surface area contributed by atoms with Crippen LogP contribution in [0.15, 0.2) is 77.4 Å². The normalized spacial score (nSPS) is 11.3. The lowest BCUT2D eigenvalue weighted by Gasteiger charge is -2.19. The van der Waals surface area contributed by atoms with Gasteiger partial charge in [0.05, 0.1) is 23.0 Å². The van der Waals surface area contributed by atoms with Crippen molar-refractivity contribution >= 4 is 43.4 Å². The molecule has 0 fully saturated rings. The van der Waals surface area contributed by atoms with Crippen molar-refractivity contribution in [2.45, 2.75) is 20.4 Å². The fourth-order valence-corrected chi connectivity index (χ4v) is 4.88. The highest BCUT2D eigenvalue weighted by Gasteiger charge is 2.23. The van der Waals surface area contributed by atoms with Crippen LogP contribution >= 0.6 is 11.3 Å². The highest BCUT2D eigenvalue weighted by molar-refractivity contribution is 7.22. The van der Waals surface area contributed by atoms with Crippen molar-refractivity contribution in [2.24, 2.45) is 0 Å². The maximum atomic E-state index is 13.6. The van der Waals surface area contributed by atoms with Crippen LogP contribution in [0.2, 0.25) is 0 Å². The van der Waals surface area contributed by atoms with E-state index in [-0.39, 0.29) is 5.91 Å². The molecule has 0 atom stereocenters. The Hall–Kier alpha value is -3.44. The van der Waals surface area contributed by atoms with Gasteiger partial charge in [0.15, 0.2) is 5.13 Å². The number of fused-ring (bicyclic) bond motifs is 2. The molecule has 0 bridgehead atoms. The summed E-state index contributed by atoms with van der Waals surface area (Å²) in [6, 6.07) is 21.8. The van der Waals surface area contributed by atoms with Gasteiger partial charge >= 0.3 is 0 Å². The summed E-state index contributed by atoms with van der Waals surface area (Å²) in [5.41, 5.74) is 3.88. The third-order valence-corrected chi connectivity index (χ3v) is 6.21. The lowest BCUT2D eigenvalue weighted by molar-refractivity contribution is 0.0983. The molecule has 0 saturated carbocycles. The second-order valence-corrected chi connectivity index (χ2v) is 8.47. The minimum atomic E-state index is -0.0921. The van der Waals surface area contributed by atoms with E-state index in [2.05, 4.69) is 26.0 Å². The zero-order chi connectivity index (χ0) is 20.7. The van der Waals surface area contributed by atoms with E-state index in [1.165, 1.54) is 16.9 Å². The third kappa shape index (κ3) is 3.37. The maximum absolute atomic E-state index is 13.6. The Kier molecular flexibility index (Phi) is 4.60. The van der Waals surface area contributed by atoms with E-state index in [4.69, 9.17) is 9.40 Å². The summed E-state index contributed by atoms with van der Waals surface area (Å²) in [7, 11) is 0. The Morgan fingerprint density at radius 2 is 1.83 bits per heavy atom. The molecule has 5 aromatic rings. The second-order valence-electron chi connectivity index (χ2n) is 7.46. The molecule has 30 heavy (non-hydrogen) atoms. The zero-order valence-electron chi connectivity index (χ0n) is 16.8. The molecule has 2 heterocycles. The number of thiazole rings is 1. The van der Waals surface area contributed by atoms with Crippen molar-refractivity contribution in [1.29, 1.82) is 0 Å². The first kappa shape index (κ1) is 18.6. The predicted molar refractivity (Wildman–Crippen MR) is 122 cm³/mol. The lowest BCUT2D eigenvalue weighted by atomic mass is 10.1. The number of carbonyl (C=O) groups is 1. The van der Waals surface area contributed by atoms with Crippen LogP contribution in [-0.2, 0) is 6.54 Å². The van der Waals surface area contributed by atoms with E-state index >= 15 is 0 Å². The van der Waals surface area contributed by atoms with Gasteiger partial charge < -0.3 is 4.42 Å². The zero-order valence-corrected chi connectivity index (χ0v) is 17.6. The number of rotatable bonds is 4. The molecule has 0 N–H and O–H groups in total. The van der Waals surface area contributed by atoms with Gasteiger partial charge in [-0.1, -0.05) is 47.7 Å². The lowest BCUT2D eigenvalue weighted by Crippen LogP contribution is -2.30. The van der Waals surface area contributed by atoms with Gasteiger partial charge in [0.1, 0.15) is 5.76 Å². The van der Waals surface area contributed by atoms with E-state index in [9.17, 15) is 4.79 Å². The Bertz CT molecular complexity index is 1370. The van der Waals surface area contributed by atoms with Gasteiger partial charge in [-0.3, -0.25) is 9.69 Å². The van der Waals surface area contributed by atoms with E-state index in [1.54, 1.807) is 11.2 Å². The average Bonchev–Trinajstić information content (AvgIpc) is 3.41. The Morgan fingerprint density at radius 1 is 1.00 bits per heavy atom. The standard InChI is InChI=1S/C25H20N2O2S/c1-16-12-17(2)23-22(13-16)30-25(26-23)27(15-21-8-5-11-29-21)24(28)20-10-9-18-6-3-4-7-19(18)14-20/h3-14H,15H2,1-2H3. The first-order valence-corrected chi connectivity index (χ1v) is 10.6. The number of carbonyl (C=O) groups excluding carboxylic acids is 1. The van der Waals surface area contributed by atoms with Crippen LogP contribution in [-0.4, -0.2) is 10.9 Å². The molecular weight excluding hydrogens is 392 g/mol. The maximum Gasteiger partial charge on any atom is 0.260 e. The van der Waals surface area contributed by atoms with Crippen LogP contribution in [0.1, 0.15) is 27.2 Å². The van der Waals surface area contributed by atoms with Gasteiger partial charge in [0.2, 0.25) is 0 Å². The molecule has 0 aliphatic rings. The predicted octanol–water partition coefficient (Wildman–Crippen LogP) is 6.51. The highest BCUT2D eigenvalue weighted by atomic mass is 32.1. The summed E-state index contributed by atoms with van der Waals surface area (Å²) in [6.07, 6.45) is 1.62. The van der Waals surface area contributed by atoms with Gasteiger partial charge in [0.25, 0.3) is 5.91 Å². The fraction of sp³-hybridized carbons (Fsp3) is 0.120. The summed E-state index contributed by atoms with van der Waals surface area (Å²) >= 11 is 1.53. The molecule has 4 nitrogen and oxygen atoms in total. The number of hydrogen-bond acceptors (Lipinski definition) is 4. The number of aromatic nitrogens is 1. The molecule has 1 amide bonds. The molecule has 0 spiro atoms. The van der Waals surface area contributed by atoms with Crippen molar-refractivity contribution in [3.8, 4) is 0 Å². The topological polar surface area (TPSA) is 46.3 Å². The summed E-state index contributed by atoms with van der Waals surface area (Å²) in [4.78, 5) is 20.1. The molecule has 5 heteroatoms. The second kappa shape index (κ2) is 7.43. The first-order valence-electron chi connectivity index (χ1n) is 9.79. The molecule has 0 saturated heterocycles. The van der Waals surface area contributed by atoms with Crippen molar-refractivity contribution in [1.82, 2.24) is 4.98 Å². The Morgan fingerprint density at radius 3 is 2.63 bits per heavy atom. The number of aryl methyl sites for hydroxylation is 2. The minimum absolute atomic E-state index is 0.0921. The molecule has 3 aromatic carbocycles. The van der Waals surface area contributed by atoms with Gasteiger partial charge in [-0.15, -0.1) is 0 Å². The van der Waals surface area contributed by atoms with Crippen molar-refractivity contribution in [3.63, 3.8) is 0 Å². The molecular formula is C25H20N2O2S. The van der Waals surface area contributed by atoms with E-state index in [0.29, 0.717) is 17.2 Å². The molecule has 0 unspecified atom stereocenters. The smallest absolute Gasteiger partial charge is 0.260 e. The number of benzene rings is 3. The molecule has 0 radical (unpaired) electrons. The summed E-state index contributed by atoms with van der Waals surface area (Å²) in [6.45, 7) is 4.46. The van der Waals surface area contributed by atoms with E-state index in [1.807, 2.05) is 54.6 Å². The molecule has 2 aromatic heterocycles. The molecule has 148 valence electrons. The van der Waals surface area contributed by atoms with E-state index < -0.39 is 0 Å². The van der Waals surface area contributed by atoms with Crippen molar-refractivity contribution in [2.75, 3.05) is 4.90 Å². The highest BCUT2D eigenvalue weighted by Crippen LogP contribution is 2.33. The van der Waals surface area contributed by atoms with Gasteiger partial charge in [-0.25, -0.2) is 4.98 Å². The van der Waals surface area contributed by atoms with Crippen LogP contribution in [0, 0.1) is 13.8 Å². The number of anilines is 1. The van der Waals surface area contributed by atoms with Crippen molar-refractivity contribution < 1.29 is 9.21 Å². The van der Waals surface area contributed by atoms with Gasteiger partial charge in [-0.05, 0) is 66.1 Å². The van der Waals surface area contributed by atoms with E-state index in [0.717, 1.165) is 32.3 Å². The fourth-order valence-electron chi connectivity index (χ4n) is 3.74. The monoisotopic (exact) mass is 412 g/mol. The number of amides is 1. The van der Waals surface area contributed by atoms with Crippen molar-refractivity contribution in [3.05, 3.63) is 95.4 Å². The minimum Gasteiger partial charge on any atom is -0.467 e. The number of hydrogen-bond donors (Lipinski definition) is 0. The summed E-state index contributed by atoms with van der Waals surface area (Å²) in [5.74, 6) is 0.627. The van der Waals surface area contributed by atoms with Crippen LogP contribution < -0.4 is 4.90 Å². The largest absolute Gasteiger partial charge is 0.467 e. The van der Waals surface area contributed by atoms with Crippen LogP contribution in [0.5, 0.6) is 0 Å². The SMILES string of the molecule is Cc1cc(C)c2nc(N(Cc3ccco3)C(=O)c3ccc4ccccc4c3)sc2c1. The average molecular weight is 413 g/mol. The van der Waals surface area contributed by atoms with Gasteiger partial charge in [0, 0.05) is 5.56 Å². The first-order chi connectivity index (χ1) is 14.6. The molecule has 0 aliphatic heterocycles. The van der Waals surface area contributed by atoms with Gasteiger partial charge in [-0.2, -0.15) is 0 Å². The van der Waals surface area contributed by atoms with Crippen LogP contribution in [0.3, 0.4) is 0 Å². The van der Waals surface area contributed by atoms with Crippen LogP contribution in [0.4, 0.5) is 5.13 Å². The number of furan rings is 1. The number of nitrogens with zero attached hydrogens (tertiary/aromatic N) is 2. The molecule has 5 rings (SSSR count). The molecule has 0 aliphatic carbocycles. The summed E-state index contributed by atoms with van der Waals surface area (Å²) < 4.78 is 6.62. The summed E-state index contributed by atoms with van der Waals surface area (Å²) in [5, 5.41) is 2.82.